The molecule has 0 amide bonds. The van der Waals surface area contributed by atoms with Crippen LogP contribution in [0.15, 0.2) is 0 Å². The van der Waals surface area contributed by atoms with Crippen LogP contribution in [0, 0.1) is 5.92 Å². The van der Waals surface area contributed by atoms with Crippen molar-refractivity contribution >= 4 is 10.0 Å². The molecule has 1 heterocycles. The molecule has 1 fully saturated rings. The average Bonchev–Trinajstić information content (AvgIpc) is 2.66. The molecule has 0 bridgehead atoms. The van der Waals surface area contributed by atoms with Gasteiger partial charge in [0.15, 0.2) is 0 Å². The van der Waals surface area contributed by atoms with Crippen LogP contribution in [0.2, 0.25) is 0 Å². The lowest BCUT2D eigenvalue weighted by Crippen LogP contribution is -2.41. The van der Waals surface area contributed by atoms with E-state index < -0.39 is 10.0 Å². The predicted octanol–water partition coefficient (Wildman–Crippen LogP) is 1.05. The van der Waals surface area contributed by atoms with E-state index >= 15 is 0 Å². The van der Waals surface area contributed by atoms with Gasteiger partial charge in [-0.2, -0.15) is 4.31 Å². The van der Waals surface area contributed by atoms with Crippen LogP contribution in [0.1, 0.15) is 33.6 Å². The fourth-order valence-electron chi connectivity index (χ4n) is 2.27. The van der Waals surface area contributed by atoms with Crippen molar-refractivity contribution in [3.05, 3.63) is 0 Å². The molecule has 1 atom stereocenters. The molecular weight excluding hydrogens is 224 g/mol. The fourth-order valence-corrected chi connectivity index (χ4v) is 4.08. The molecule has 5 heteroatoms. The summed E-state index contributed by atoms with van der Waals surface area (Å²) < 4.78 is 25.9. The van der Waals surface area contributed by atoms with E-state index in [4.69, 9.17) is 0 Å². The number of hydrogen-bond donors (Lipinski definition) is 1. The summed E-state index contributed by atoms with van der Waals surface area (Å²) in [5.41, 5.74) is 0. The van der Waals surface area contributed by atoms with Crippen molar-refractivity contribution in [1.29, 1.82) is 0 Å². The first-order valence-corrected chi connectivity index (χ1v) is 7.80. The highest BCUT2D eigenvalue weighted by Crippen LogP contribution is 2.26. The second-order valence-electron chi connectivity index (χ2n) is 4.73. The van der Waals surface area contributed by atoms with Gasteiger partial charge in [-0.1, -0.05) is 20.8 Å². The maximum absolute atomic E-state index is 12.1. The Bertz CT molecular complexity index is 301. The minimum Gasteiger partial charge on any atom is -0.316 e. The highest BCUT2D eigenvalue weighted by atomic mass is 32.2. The molecular formula is C11H24N2O2S. The summed E-state index contributed by atoms with van der Waals surface area (Å²) in [6.07, 6.45) is 2.02. The predicted molar refractivity (Wildman–Crippen MR) is 66.9 cm³/mol. The smallest absolute Gasteiger partial charge is 0.215 e. The minimum atomic E-state index is -3.06. The zero-order chi connectivity index (χ0) is 12.2. The molecule has 96 valence electrons. The van der Waals surface area contributed by atoms with Crippen LogP contribution in [-0.4, -0.2) is 44.2 Å². The third-order valence-corrected chi connectivity index (χ3v) is 5.05. The van der Waals surface area contributed by atoms with Crippen LogP contribution >= 0.6 is 0 Å². The van der Waals surface area contributed by atoms with Gasteiger partial charge in [0.25, 0.3) is 0 Å². The lowest BCUT2D eigenvalue weighted by Gasteiger charge is -2.26. The second kappa shape index (κ2) is 5.98. The number of nitrogens with zero attached hydrogens (tertiary/aromatic N) is 1. The van der Waals surface area contributed by atoms with Crippen molar-refractivity contribution in [1.82, 2.24) is 9.62 Å². The SMILES string of the molecule is CCNCCS(=O)(=O)N1CCCC1C(C)C. The highest BCUT2D eigenvalue weighted by molar-refractivity contribution is 7.89. The Morgan fingerprint density at radius 2 is 2.12 bits per heavy atom. The molecule has 1 aliphatic heterocycles. The van der Waals surface area contributed by atoms with Crippen LogP contribution in [-0.2, 0) is 10.0 Å². The van der Waals surface area contributed by atoms with E-state index in [1.165, 1.54) is 0 Å². The van der Waals surface area contributed by atoms with Gasteiger partial charge in [0.05, 0.1) is 5.75 Å². The standard InChI is InChI=1S/C11H24N2O2S/c1-4-12-7-9-16(14,15)13-8-5-6-11(13)10(2)3/h10-12H,4-9H2,1-3H3. The Morgan fingerprint density at radius 1 is 1.44 bits per heavy atom. The van der Waals surface area contributed by atoms with Crippen LogP contribution in [0.4, 0.5) is 0 Å². The Labute approximate surface area is 99.5 Å². The van der Waals surface area contributed by atoms with E-state index in [0.717, 1.165) is 19.4 Å². The van der Waals surface area contributed by atoms with Crippen molar-refractivity contribution in [3.63, 3.8) is 0 Å². The summed E-state index contributed by atoms with van der Waals surface area (Å²) in [5, 5.41) is 3.07. The molecule has 1 N–H and O–H groups in total. The maximum Gasteiger partial charge on any atom is 0.215 e. The molecule has 0 aliphatic carbocycles. The second-order valence-corrected chi connectivity index (χ2v) is 6.77. The Balaban J connectivity index is 2.60. The Kier molecular flexibility index (Phi) is 5.21. The van der Waals surface area contributed by atoms with Crippen LogP contribution < -0.4 is 5.32 Å². The average molecular weight is 248 g/mol. The fraction of sp³-hybridized carbons (Fsp3) is 1.00. The zero-order valence-electron chi connectivity index (χ0n) is 10.6. The van der Waals surface area contributed by atoms with Crippen molar-refractivity contribution in [2.75, 3.05) is 25.4 Å². The van der Waals surface area contributed by atoms with E-state index in [2.05, 4.69) is 19.2 Å². The van der Waals surface area contributed by atoms with E-state index in [1.54, 1.807) is 4.31 Å². The number of hydrogen-bond acceptors (Lipinski definition) is 3. The van der Waals surface area contributed by atoms with Crippen molar-refractivity contribution in [2.45, 2.75) is 39.7 Å². The molecule has 0 radical (unpaired) electrons. The Morgan fingerprint density at radius 3 is 2.69 bits per heavy atom. The molecule has 16 heavy (non-hydrogen) atoms. The lowest BCUT2D eigenvalue weighted by atomic mass is 10.0. The van der Waals surface area contributed by atoms with Crippen LogP contribution in [0.3, 0.4) is 0 Å². The Hall–Kier alpha value is -0.130. The van der Waals surface area contributed by atoms with Crippen molar-refractivity contribution < 1.29 is 8.42 Å². The molecule has 0 aromatic rings. The maximum atomic E-state index is 12.1. The largest absolute Gasteiger partial charge is 0.316 e. The van der Waals surface area contributed by atoms with E-state index in [0.29, 0.717) is 19.0 Å². The van der Waals surface area contributed by atoms with Gasteiger partial charge in [-0.25, -0.2) is 8.42 Å². The lowest BCUT2D eigenvalue weighted by molar-refractivity contribution is 0.315. The summed E-state index contributed by atoms with van der Waals surface area (Å²) in [6, 6.07) is 0.214. The molecule has 4 nitrogen and oxygen atoms in total. The summed E-state index contributed by atoms with van der Waals surface area (Å²) in [5.74, 6) is 0.640. The molecule has 0 aromatic heterocycles. The van der Waals surface area contributed by atoms with Crippen molar-refractivity contribution in [3.8, 4) is 0 Å². The van der Waals surface area contributed by atoms with Crippen LogP contribution in [0.5, 0.6) is 0 Å². The summed E-state index contributed by atoms with van der Waals surface area (Å²) in [4.78, 5) is 0. The van der Waals surface area contributed by atoms with Gasteiger partial charge >= 0.3 is 0 Å². The van der Waals surface area contributed by atoms with E-state index in [1.807, 2.05) is 6.92 Å². The quantitative estimate of drug-likeness (QED) is 0.715. The third kappa shape index (κ3) is 3.43. The molecule has 1 saturated heterocycles. The van der Waals surface area contributed by atoms with Crippen LogP contribution in [0.25, 0.3) is 0 Å². The first-order valence-electron chi connectivity index (χ1n) is 6.19. The van der Waals surface area contributed by atoms with Gasteiger partial charge in [0, 0.05) is 19.1 Å². The van der Waals surface area contributed by atoms with Gasteiger partial charge in [-0.05, 0) is 25.3 Å². The minimum absolute atomic E-state index is 0.214. The van der Waals surface area contributed by atoms with Crippen molar-refractivity contribution in [2.24, 2.45) is 5.92 Å². The van der Waals surface area contributed by atoms with E-state index in [-0.39, 0.29) is 11.8 Å². The van der Waals surface area contributed by atoms with Gasteiger partial charge in [-0.15, -0.1) is 0 Å². The van der Waals surface area contributed by atoms with Gasteiger partial charge in [0.1, 0.15) is 0 Å². The molecule has 1 rings (SSSR count). The summed E-state index contributed by atoms with van der Waals surface area (Å²) >= 11 is 0. The molecule has 0 saturated carbocycles. The summed E-state index contributed by atoms with van der Waals surface area (Å²) in [6.45, 7) is 8.27. The topological polar surface area (TPSA) is 49.4 Å². The summed E-state index contributed by atoms with van der Waals surface area (Å²) in [7, 11) is -3.06. The van der Waals surface area contributed by atoms with Gasteiger partial charge in [-0.3, -0.25) is 0 Å². The zero-order valence-corrected chi connectivity index (χ0v) is 11.4. The number of rotatable bonds is 6. The molecule has 0 spiro atoms. The molecule has 1 unspecified atom stereocenters. The van der Waals surface area contributed by atoms with Gasteiger partial charge in [0.2, 0.25) is 10.0 Å². The van der Waals surface area contributed by atoms with Gasteiger partial charge < -0.3 is 5.32 Å². The number of sulfonamides is 1. The normalized spacial score (nSPS) is 23.1. The first kappa shape index (κ1) is 13.9. The molecule has 1 aliphatic rings. The third-order valence-electron chi connectivity index (χ3n) is 3.16. The highest BCUT2D eigenvalue weighted by Gasteiger charge is 2.35. The monoisotopic (exact) mass is 248 g/mol. The molecule has 0 aromatic carbocycles. The number of nitrogens with one attached hydrogen (secondary N) is 1. The van der Waals surface area contributed by atoms with E-state index in [9.17, 15) is 8.42 Å². The first-order chi connectivity index (χ1) is 7.49.